The van der Waals surface area contributed by atoms with E-state index in [1.807, 2.05) is 13.8 Å². The maximum atomic E-state index is 12.8. The molecule has 0 aliphatic heterocycles. The Bertz CT molecular complexity index is 613. The van der Waals surface area contributed by atoms with Gasteiger partial charge in [-0.25, -0.2) is 0 Å². The molecule has 0 aromatic heterocycles. The van der Waals surface area contributed by atoms with E-state index in [4.69, 9.17) is 4.74 Å². The van der Waals surface area contributed by atoms with Crippen molar-refractivity contribution in [3.05, 3.63) is 0 Å². The van der Waals surface area contributed by atoms with Crippen molar-refractivity contribution >= 4 is 17.7 Å². The summed E-state index contributed by atoms with van der Waals surface area (Å²) in [6.07, 6.45) is 23.6. The van der Waals surface area contributed by atoms with Gasteiger partial charge in [0.2, 0.25) is 17.7 Å². The molecular weight excluding hydrogens is 502 g/mol. The highest BCUT2D eigenvalue weighted by Crippen LogP contribution is 2.13. The van der Waals surface area contributed by atoms with Gasteiger partial charge in [0.15, 0.2) is 0 Å². The number of amides is 3. The van der Waals surface area contributed by atoms with E-state index in [0.29, 0.717) is 25.9 Å². The highest BCUT2D eigenvalue weighted by Gasteiger charge is 2.19. The summed E-state index contributed by atoms with van der Waals surface area (Å²) in [6, 6.07) is -0.508. The van der Waals surface area contributed by atoms with Gasteiger partial charge in [0, 0.05) is 33.0 Å². The van der Waals surface area contributed by atoms with Gasteiger partial charge in [-0.1, -0.05) is 96.8 Å². The van der Waals surface area contributed by atoms with Crippen molar-refractivity contribution in [3.63, 3.8) is 0 Å². The molecule has 7 nitrogen and oxygen atoms in total. The van der Waals surface area contributed by atoms with Gasteiger partial charge in [0.1, 0.15) is 6.04 Å². The predicted molar refractivity (Wildman–Crippen MR) is 167 cm³/mol. The summed E-state index contributed by atoms with van der Waals surface area (Å²) in [6.45, 7) is 9.87. The van der Waals surface area contributed by atoms with E-state index < -0.39 is 6.04 Å². The number of carbonyl (C=O) groups excluding carboxylic acids is 3. The molecule has 0 saturated carbocycles. The van der Waals surface area contributed by atoms with Gasteiger partial charge in [-0.2, -0.15) is 0 Å². The Morgan fingerprint density at radius 1 is 0.625 bits per heavy atom. The zero-order valence-corrected chi connectivity index (χ0v) is 26.8. The lowest BCUT2D eigenvalue weighted by atomic mass is 10.0. The zero-order valence-electron chi connectivity index (χ0n) is 26.8. The zero-order chi connectivity index (χ0) is 29.7. The van der Waals surface area contributed by atoms with E-state index in [1.165, 1.54) is 77.6 Å². The molecule has 0 aliphatic carbocycles. The largest absolute Gasteiger partial charge is 0.379 e. The molecule has 236 valence electrons. The Hall–Kier alpha value is -1.63. The van der Waals surface area contributed by atoms with Crippen LogP contribution < -0.4 is 16.0 Å². The van der Waals surface area contributed by atoms with Gasteiger partial charge in [-0.15, -0.1) is 0 Å². The van der Waals surface area contributed by atoms with Gasteiger partial charge < -0.3 is 20.7 Å². The number of hydrogen-bond donors (Lipinski definition) is 3. The topological polar surface area (TPSA) is 96.5 Å². The van der Waals surface area contributed by atoms with Crippen molar-refractivity contribution in [2.24, 2.45) is 0 Å². The minimum Gasteiger partial charge on any atom is -0.379 e. The van der Waals surface area contributed by atoms with Crippen LogP contribution in [0.25, 0.3) is 0 Å². The molecule has 0 aromatic carbocycles. The van der Waals surface area contributed by atoms with Gasteiger partial charge >= 0.3 is 0 Å². The lowest BCUT2D eigenvalue weighted by Gasteiger charge is -2.19. The first-order valence-corrected chi connectivity index (χ1v) is 16.8. The third-order valence-electron chi connectivity index (χ3n) is 7.27. The van der Waals surface area contributed by atoms with Gasteiger partial charge in [-0.3, -0.25) is 14.4 Å². The highest BCUT2D eigenvalue weighted by molar-refractivity contribution is 5.87. The Balaban J connectivity index is 4.11. The maximum absolute atomic E-state index is 12.8. The predicted octanol–water partition coefficient (Wildman–Crippen LogP) is 7.36. The molecule has 3 N–H and O–H groups in total. The molecule has 1 atom stereocenters. The molecule has 0 saturated heterocycles. The number of ether oxygens (including phenoxy) is 1. The Morgan fingerprint density at radius 2 is 1.12 bits per heavy atom. The van der Waals surface area contributed by atoms with E-state index in [-0.39, 0.29) is 23.8 Å². The number of hydrogen-bond acceptors (Lipinski definition) is 4. The van der Waals surface area contributed by atoms with Crippen LogP contribution in [0.5, 0.6) is 0 Å². The monoisotopic (exact) mass is 567 g/mol. The van der Waals surface area contributed by atoms with Crippen molar-refractivity contribution in [2.45, 2.75) is 175 Å². The van der Waals surface area contributed by atoms with Gasteiger partial charge in [0.05, 0.1) is 6.10 Å². The first-order chi connectivity index (χ1) is 19.4. The summed E-state index contributed by atoms with van der Waals surface area (Å²) in [5.74, 6) is -0.173. The van der Waals surface area contributed by atoms with Crippen LogP contribution in [0.2, 0.25) is 0 Å². The van der Waals surface area contributed by atoms with Gasteiger partial charge in [0.25, 0.3) is 0 Å². The summed E-state index contributed by atoms with van der Waals surface area (Å²) >= 11 is 0. The molecule has 40 heavy (non-hydrogen) atoms. The van der Waals surface area contributed by atoms with E-state index in [2.05, 4.69) is 22.9 Å². The Labute approximate surface area is 247 Å². The number of carbonyl (C=O) groups is 3. The first-order valence-electron chi connectivity index (χ1n) is 16.8. The Kier molecular flexibility index (Phi) is 27.7. The molecule has 0 spiro atoms. The van der Waals surface area contributed by atoms with E-state index in [9.17, 15) is 14.4 Å². The van der Waals surface area contributed by atoms with Crippen molar-refractivity contribution in [2.75, 3.05) is 19.7 Å². The second-order valence-electron chi connectivity index (χ2n) is 11.7. The quantitative estimate of drug-likeness (QED) is 0.0823. The van der Waals surface area contributed by atoms with Crippen LogP contribution in [-0.2, 0) is 19.1 Å². The van der Waals surface area contributed by atoms with E-state index in [0.717, 1.165) is 58.0 Å². The van der Waals surface area contributed by atoms with E-state index in [1.54, 1.807) is 0 Å². The normalized spacial score (nSPS) is 11.9. The lowest BCUT2D eigenvalue weighted by Crippen LogP contribution is -2.47. The van der Waals surface area contributed by atoms with Crippen molar-refractivity contribution in [1.82, 2.24) is 16.0 Å². The molecule has 7 heteroatoms. The average molecular weight is 568 g/mol. The number of unbranched alkanes of at least 4 members (excludes halogenated alkanes) is 16. The fraction of sp³-hybridized carbons (Fsp3) is 0.909. The van der Waals surface area contributed by atoms with Crippen LogP contribution in [0.1, 0.15) is 163 Å². The summed E-state index contributed by atoms with van der Waals surface area (Å²) in [4.78, 5) is 36.5. The average Bonchev–Trinajstić information content (AvgIpc) is 2.91. The highest BCUT2D eigenvalue weighted by atomic mass is 16.5. The molecule has 0 aromatic rings. The minimum atomic E-state index is -0.508. The second-order valence-corrected chi connectivity index (χ2v) is 11.7. The minimum absolute atomic E-state index is 0.0322. The van der Waals surface area contributed by atoms with Gasteiger partial charge in [-0.05, 0) is 52.4 Å². The van der Waals surface area contributed by atoms with E-state index >= 15 is 0 Å². The molecule has 0 aliphatic rings. The summed E-state index contributed by atoms with van der Waals surface area (Å²) < 4.78 is 5.57. The first kappa shape index (κ1) is 38.4. The van der Waals surface area contributed by atoms with Crippen LogP contribution in [0.3, 0.4) is 0 Å². The lowest BCUT2D eigenvalue weighted by molar-refractivity contribution is -0.129. The van der Waals surface area contributed by atoms with Crippen LogP contribution in [0.15, 0.2) is 0 Å². The maximum Gasteiger partial charge on any atom is 0.242 e. The summed E-state index contributed by atoms with van der Waals surface area (Å²) in [5.41, 5.74) is 0. The fourth-order valence-corrected chi connectivity index (χ4v) is 4.81. The molecule has 0 bridgehead atoms. The van der Waals surface area contributed by atoms with Crippen LogP contribution in [-0.4, -0.2) is 49.6 Å². The molecule has 0 radical (unpaired) electrons. The number of nitrogens with one attached hydrogen (secondary N) is 3. The third kappa shape index (κ3) is 27.9. The fourth-order valence-electron chi connectivity index (χ4n) is 4.81. The van der Waals surface area contributed by atoms with Crippen molar-refractivity contribution < 1.29 is 19.1 Å². The number of rotatable bonds is 29. The molecular formula is C33H65N3O4. The second kappa shape index (κ2) is 28.9. The smallest absolute Gasteiger partial charge is 0.242 e. The van der Waals surface area contributed by atoms with Crippen LogP contribution in [0.4, 0.5) is 0 Å². The van der Waals surface area contributed by atoms with Crippen molar-refractivity contribution in [3.8, 4) is 0 Å². The van der Waals surface area contributed by atoms with Crippen molar-refractivity contribution in [1.29, 1.82) is 0 Å². The third-order valence-corrected chi connectivity index (χ3v) is 7.27. The van der Waals surface area contributed by atoms with Crippen LogP contribution >= 0.6 is 0 Å². The molecule has 0 heterocycles. The molecule has 0 rings (SSSR count). The molecule has 0 unspecified atom stereocenters. The van der Waals surface area contributed by atoms with Crippen LogP contribution in [0, 0.1) is 0 Å². The SMILES string of the molecule is CCCCCCCCCCCCCCCC(=O)N[C@@H](CCCCNC(C)=O)C(=O)NCCCCCCOC(C)C. The molecule has 0 fully saturated rings. The molecule has 3 amide bonds. The standard InChI is InChI=1S/C33H65N3O4/c1-5-6-7-8-9-10-11-12-13-14-15-16-19-25-32(38)36-31(24-20-22-26-34-30(4)37)33(39)35-27-21-17-18-23-28-40-29(2)3/h29,31H,5-28H2,1-4H3,(H,34,37)(H,35,39)(H,36,38)/t31-/m0/s1. The Morgan fingerprint density at radius 3 is 1.70 bits per heavy atom. The summed E-state index contributed by atoms with van der Waals surface area (Å²) in [5, 5.41) is 8.79. The summed E-state index contributed by atoms with van der Waals surface area (Å²) in [7, 11) is 0.